The van der Waals surface area contributed by atoms with Gasteiger partial charge in [0.1, 0.15) is 5.92 Å². The Kier molecular flexibility index (Phi) is 3.20. The topological polar surface area (TPSA) is 65.8 Å². The standard InChI is InChI=1S/C11H10BrN3O/c12-8-5-7(6-13)11(16)15-10(8)9-3-1-2-4-14-9/h1-4,7-8,10H,5H2,(H,15,16). The number of amides is 1. The summed E-state index contributed by atoms with van der Waals surface area (Å²) in [5.41, 5.74) is 0.814. The fourth-order valence-corrected chi connectivity index (χ4v) is 2.52. The Hall–Kier alpha value is -1.41. The highest BCUT2D eigenvalue weighted by molar-refractivity contribution is 9.09. The van der Waals surface area contributed by atoms with E-state index in [0.29, 0.717) is 6.42 Å². The van der Waals surface area contributed by atoms with Crippen molar-refractivity contribution >= 4 is 21.8 Å². The highest BCUT2D eigenvalue weighted by Gasteiger charge is 2.35. The number of nitrogens with zero attached hydrogens (tertiary/aromatic N) is 2. The average Bonchev–Trinajstić information content (AvgIpc) is 2.32. The predicted molar refractivity (Wildman–Crippen MR) is 61.6 cm³/mol. The van der Waals surface area contributed by atoms with E-state index in [0.717, 1.165) is 5.69 Å². The Morgan fingerprint density at radius 1 is 1.56 bits per heavy atom. The van der Waals surface area contributed by atoms with E-state index < -0.39 is 5.92 Å². The Labute approximate surface area is 102 Å². The smallest absolute Gasteiger partial charge is 0.237 e. The van der Waals surface area contributed by atoms with E-state index in [1.165, 1.54) is 0 Å². The molecule has 0 radical (unpaired) electrons. The number of rotatable bonds is 1. The monoisotopic (exact) mass is 279 g/mol. The predicted octanol–water partition coefficient (Wildman–Crippen LogP) is 1.55. The van der Waals surface area contributed by atoms with Crippen molar-refractivity contribution in [1.82, 2.24) is 10.3 Å². The Balaban J connectivity index is 2.20. The second kappa shape index (κ2) is 4.62. The molecular weight excluding hydrogens is 270 g/mol. The lowest BCUT2D eigenvalue weighted by Crippen LogP contribution is -2.44. The molecule has 2 heterocycles. The summed E-state index contributed by atoms with van der Waals surface area (Å²) < 4.78 is 0. The van der Waals surface area contributed by atoms with Gasteiger partial charge >= 0.3 is 0 Å². The van der Waals surface area contributed by atoms with Crippen LogP contribution in [0.25, 0.3) is 0 Å². The van der Waals surface area contributed by atoms with Crippen LogP contribution in [0.2, 0.25) is 0 Å². The molecule has 5 heteroatoms. The quantitative estimate of drug-likeness (QED) is 0.794. The zero-order chi connectivity index (χ0) is 11.5. The molecule has 1 N–H and O–H groups in total. The summed E-state index contributed by atoms with van der Waals surface area (Å²) >= 11 is 3.49. The van der Waals surface area contributed by atoms with Gasteiger partial charge in [-0.2, -0.15) is 5.26 Å². The first-order valence-electron chi connectivity index (χ1n) is 4.97. The Bertz CT molecular complexity index is 429. The molecule has 0 aliphatic carbocycles. The molecule has 1 aliphatic rings. The minimum Gasteiger partial charge on any atom is -0.345 e. The third-order valence-corrected chi connectivity index (χ3v) is 3.50. The number of halogens is 1. The minimum atomic E-state index is -0.565. The van der Waals surface area contributed by atoms with Crippen LogP contribution in [0.5, 0.6) is 0 Å². The molecule has 82 valence electrons. The summed E-state index contributed by atoms with van der Waals surface area (Å²) in [6, 6.07) is 7.41. The molecule has 1 aromatic rings. The van der Waals surface area contributed by atoms with Gasteiger partial charge in [-0.3, -0.25) is 9.78 Å². The van der Waals surface area contributed by atoms with Gasteiger partial charge in [0.15, 0.2) is 0 Å². The number of hydrogen-bond donors (Lipinski definition) is 1. The SMILES string of the molecule is N#CC1CC(Br)C(c2ccccn2)NC1=O. The molecule has 2 rings (SSSR count). The number of alkyl halides is 1. The van der Waals surface area contributed by atoms with E-state index in [4.69, 9.17) is 5.26 Å². The van der Waals surface area contributed by atoms with Crippen molar-refractivity contribution in [2.75, 3.05) is 0 Å². The van der Waals surface area contributed by atoms with Crippen molar-refractivity contribution in [3.8, 4) is 6.07 Å². The van der Waals surface area contributed by atoms with Gasteiger partial charge in [0.05, 0.1) is 17.8 Å². The minimum absolute atomic E-state index is 0.0461. The maximum Gasteiger partial charge on any atom is 0.237 e. The summed E-state index contributed by atoms with van der Waals surface area (Å²) in [6.45, 7) is 0. The third kappa shape index (κ3) is 2.07. The van der Waals surface area contributed by atoms with Crippen LogP contribution in [0, 0.1) is 17.2 Å². The summed E-state index contributed by atoms with van der Waals surface area (Å²) in [6.07, 6.45) is 2.21. The molecule has 3 atom stereocenters. The van der Waals surface area contributed by atoms with Gasteiger partial charge in [-0.25, -0.2) is 0 Å². The van der Waals surface area contributed by atoms with Gasteiger partial charge in [-0.1, -0.05) is 22.0 Å². The molecule has 3 unspecified atom stereocenters. The second-order valence-electron chi connectivity index (χ2n) is 3.67. The zero-order valence-electron chi connectivity index (χ0n) is 8.43. The molecule has 1 amide bonds. The molecule has 1 fully saturated rings. The first-order valence-corrected chi connectivity index (χ1v) is 5.89. The highest BCUT2D eigenvalue weighted by Crippen LogP contribution is 2.30. The van der Waals surface area contributed by atoms with E-state index in [9.17, 15) is 4.79 Å². The Morgan fingerprint density at radius 3 is 3.00 bits per heavy atom. The Morgan fingerprint density at radius 2 is 2.38 bits per heavy atom. The number of carbonyl (C=O) groups is 1. The van der Waals surface area contributed by atoms with Crippen molar-refractivity contribution < 1.29 is 4.79 Å². The molecule has 0 bridgehead atoms. The van der Waals surface area contributed by atoms with E-state index >= 15 is 0 Å². The maximum absolute atomic E-state index is 11.6. The second-order valence-corrected chi connectivity index (χ2v) is 4.85. The van der Waals surface area contributed by atoms with Crippen molar-refractivity contribution in [3.63, 3.8) is 0 Å². The lowest BCUT2D eigenvalue weighted by atomic mass is 9.93. The number of carbonyl (C=O) groups excluding carboxylic acids is 1. The summed E-state index contributed by atoms with van der Waals surface area (Å²) in [5.74, 6) is -0.779. The van der Waals surface area contributed by atoms with Crippen LogP contribution in [0.3, 0.4) is 0 Å². The van der Waals surface area contributed by atoms with E-state index in [1.54, 1.807) is 6.20 Å². The third-order valence-electron chi connectivity index (χ3n) is 2.60. The number of nitrogens with one attached hydrogen (secondary N) is 1. The highest BCUT2D eigenvalue weighted by atomic mass is 79.9. The van der Waals surface area contributed by atoms with Gasteiger partial charge in [0.25, 0.3) is 0 Å². The van der Waals surface area contributed by atoms with Gasteiger partial charge in [-0.15, -0.1) is 0 Å². The fourth-order valence-electron chi connectivity index (χ4n) is 1.74. The molecule has 4 nitrogen and oxygen atoms in total. The molecule has 0 aromatic carbocycles. The largest absolute Gasteiger partial charge is 0.345 e. The van der Waals surface area contributed by atoms with E-state index in [-0.39, 0.29) is 16.8 Å². The molecule has 1 saturated heterocycles. The maximum atomic E-state index is 11.6. The molecule has 1 aromatic heterocycles. The van der Waals surface area contributed by atoms with E-state index in [2.05, 4.69) is 26.2 Å². The van der Waals surface area contributed by atoms with Crippen LogP contribution >= 0.6 is 15.9 Å². The molecular formula is C11H10BrN3O. The molecule has 0 saturated carbocycles. The van der Waals surface area contributed by atoms with Crippen LogP contribution in [-0.2, 0) is 4.79 Å². The summed E-state index contributed by atoms with van der Waals surface area (Å²) in [5, 5.41) is 11.6. The van der Waals surface area contributed by atoms with Crippen LogP contribution in [0.15, 0.2) is 24.4 Å². The summed E-state index contributed by atoms with van der Waals surface area (Å²) in [7, 11) is 0. The van der Waals surface area contributed by atoms with Crippen LogP contribution < -0.4 is 5.32 Å². The average molecular weight is 280 g/mol. The van der Waals surface area contributed by atoms with Gasteiger partial charge < -0.3 is 5.32 Å². The fraction of sp³-hybridized carbons (Fsp3) is 0.364. The molecule has 0 spiro atoms. The number of aromatic nitrogens is 1. The number of pyridine rings is 1. The van der Waals surface area contributed by atoms with Gasteiger partial charge in [0, 0.05) is 11.0 Å². The lowest BCUT2D eigenvalue weighted by Gasteiger charge is -2.30. The van der Waals surface area contributed by atoms with Crippen LogP contribution in [0.4, 0.5) is 0 Å². The van der Waals surface area contributed by atoms with Crippen LogP contribution in [0.1, 0.15) is 18.2 Å². The van der Waals surface area contributed by atoms with Crippen LogP contribution in [-0.4, -0.2) is 15.7 Å². The van der Waals surface area contributed by atoms with Crippen molar-refractivity contribution in [1.29, 1.82) is 5.26 Å². The first-order chi connectivity index (χ1) is 7.72. The summed E-state index contributed by atoms with van der Waals surface area (Å²) in [4.78, 5) is 15.8. The van der Waals surface area contributed by atoms with Crippen molar-refractivity contribution in [2.24, 2.45) is 5.92 Å². The van der Waals surface area contributed by atoms with Crippen molar-refractivity contribution in [2.45, 2.75) is 17.3 Å². The molecule has 1 aliphatic heterocycles. The first kappa shape index (κ1) is 11.1. The van der Waals surface area contributed by atoms with Gasteiger partial charge in [0.2, 0.25) is 5.91 Å². The number of nitriles is 1. The molecule has 16 heavy (non-hydrogen) atoms. The zero-order valence-corrected chi connectivity index (χ0v) is 10.0. The normalized spacial score (nSPS) is 29.2. The van der Waals surface area contributed by atoms with Gasteiger partial charge in [-0.05, 0) is 18.6 Å². The van der Waals surface area contributed by atoms with Crippen molar-refractivity contribution in [3.05, 3.63) is 30.1 Å². The number of hydrogen-bond acceptors (Lipinski definition) is 3. The number of piperidine rings is 1. The lowest BCUT2D eigenvalue weighted by molar-refractivity contribution is -0.125. The van der Waals surface area contributed by atoms with E-state index in [1.807, 2.05) is 24.3 Å².